The van der Waals surface area contributed by atoms with E-state index >= 15 is 0 Å². The van der Waals surface area contributed by atoms with Gasteiger partial charge in [-0.2, -0.15) is 0 Å². The maximum absolute atomic E-state index is 11.0. The Morgan fingerprint density at radius 2 is 2.04 bits per heavy atom. The van der Waals surface area contributed by atoms with Crippen LogP contribution < -0.4 is 20.1 Å². The minimum Gasteiger partial charge on any atom is -0.497 e. The van der Waals surface area contributed by atoms with Crippen molar-refractivity contribution in [1.82, 2.24) is 15.4 Å². The van der Waals surface area contributed by atoms with Gasteiger partial charge in [0.25, 0.3) is 0 Å². The molecule has 0 aliphatic heterocycles. The van der Waals surface area contributed by atoms with E-state index in [1.165, 1.54) is 0 Å². The number of aliphatic imine (C=N–C) groups is 1. The molecule has 0 aliphatic carbocycles. The molecule has 0 atom stereocenters. The van der Waals surface area contributed by atoms with Crippen LogP contribution in [-0.4, -0.2) is 47.4 Å². The summed E-state index contributed by atoms with van der Waals surface area (Å²) in [6.07, 6.45) is 1.83. The first-order valence-electron chi connectivity index (χ1n) is 7.54. The number of rotatable bonds is 9. The Balaban J connectivity index is 2.46. The van der Waals surface area contributed by atoms with Gasteiger partial charge in [0, 0.05) is 19.6 Å². The van der Waals surface area contributed by atoms with Gasteiger partial charge in [0.15, 0.2) is 5.96 Å². The number of methoxy groups -OCH3 is 1. The molecule has 0 bridgehead atoms. The SMILES string of the molecule is CCNC(=NCc1cccc(OC)c1)NCCCNS(C)(=O)=O. The molecule has 0 fully saturated rings. The fraction of sp³-hybridized carbons (Fsp3) is 0.533. The largest absolute Gasteiger partial charge is 0.497 e. The van der Waals surface area contributed by atoms with E-state index in [9.17, 15) is 8.42 Å². The van der Waals surface area contributed by atoms with Gasteiger partial charge in [-0.15, -0.1) is 0 Å². The number of ether oxygens (including phenoxy) is 1. The molecule has 0 radical (unpaired) electrons. The number of sulfonamides is 1. The molecule has 0 aromatic heterocycles. The number of guanidine groups is 1. The molecule has 3 N–H and O–H groups in total. The Morgan fingerprint density at radius 3 is 2.70 bits per heavy atom. The first kappa shape index (κ1) is 19.2. The molecule has 0 unspecified atom stereocenters. The van der Waals surface area contributed by atoms with Crippen LogP contribution in [0.25, 0.3) is 0 Å². The summed E-state index contributed by atoms with van der Waals surface area (Å²) in [7, 11) is -1.49. The Labute approximate surface area is 138 Å². The molecule has 23 heavy (non-hydrogen) atoms. The van der Waals surface area contributed by atoms with Gasteiger partial charge in [0.05, 0.1) is 19.9 Å². The molecule has 7 nitrogen and oxygen atoms in total. The third-order valence-electron chi connectivity index (χ3n) is 2.91. The zero-order valence-corrected chi connectivity index (χ0v) is 14.7. The molecule has 1 rings (SSSR count). The summed E-state index contributed by atoms with van der Waals surface area (Å²) in [6, 6.07) is 7.76. The summed E-state index contributed by atoms with van der Waals surface area (Å²) in [4.78, 5) is 4.51. The van der Waals surface area contributed by atoms with Gasteiger partial charge in [-0.3, -0.25) is 0 Å². The Morgan fingerprint density at radius 1 is 1.26 bits per heavy atom. The second kappa shape index (κ2) is 10.1. The van der Waals surface area contributed by atoms with Gasteiger partial charge >= 0.3 is 0 Å². The molecule has 0 heterocycles. The lowest BCUT2D eigenvalue weighted by Gasteiger charge is -2.11. The Kier molecular flexibility index (Phi) is 8.42. The molecule has 0 saturated heterocycles. The van der Waals surface area contributed by atoms with Crippen molar-refractivity contribution in [2.45, 2.75) is 19.9 Å². The van der Waals surface area contributed by atoms with Crippen molar-refractivity contribution in [3.05, 3.63) is 29.8 Å². The molecule has 130 valence electrons. The fourth-order valence-corrected chi connectivity index (χ4v) is 2.35. The van der Waals surface area contributed by atoms with Crippen molar-refractivity contribution < 1.29 is 13.2 Å². The summed E-state index contributed by atoms with van der Waals surface area (Å²) < 4.78 is 29.6. The zero-order valence-electron chi connectivity index (χ0n) is 13.9. The van der Waals surface area contributed by atoms with Gasteiger partial charge in [0.2, 0.25) is 10.0 Å². The van der Waals surface area contributed by atoms with Crippen molar-refractivity contribution in [2.75, 3.05) is 33.0 Å². The van der Waals surface area contributed by atoms with Crippen LogP contribution in [0.1, 0.15) is 18.9 Å². The van der Waals surface area contributed by atoms with Crippen molar-refractivity contribution in [2.24, 2.45) is 4.99 Å². The fourth-order valence-electron chi connectivity index (χ4n) is 1.84. The minimum atomic E-state index is -3.12. The van der Waals surface area contributed by atoms with Crippen LogP contribution in [0.2, 0.25) is 0 Å². The third kappa shape index (κ3) is 9.04. The average Bonchev–Trinajstić information content (AvgIpc) is 2.51. The molecule has 0 saturated carbocycles. The topological polar surface area (TPSA) is 91.8 Å². The molecule has 1 aromatic carbocycles. The lowest BCUT2D eigenvalue weighted by Crippen LogP contribution is -2.38. The van der Waals surface area contributed by atoms with E-state index in [-0.39, 0.29) is 0 Å². The normalized spacial score (nSPS) is 12.0. The lowest BCUT2D eigenvalue weighted by atomic mass is 10.2. The molecule has 0 amide bonds. The van der Waals surface area contributed by atoms with Gasteiger partial charge in [-0.05, 0) is 31.0 Å². The van der Waals surface area contributed by atoms with Crippen molar-refractivity contribution in [1.29, 1.82) is 0 Å². The molecule has 0 spiro atoms. The van der Waals surface area contributed by atoms with E-state index < -0.39 is 10.0 Å². The quantitative estimate of drug-likeness (QED) is 0.349. The number of hydrogen-bond donors (Lipinski definition) is 3. The number of nitrogens with one attached hydrogen (secondary N) is 3. The van der Waals surface area contributed by atoms with E-state index in [0.29, 0.717) is 32.0 Å². The second-order valence-corrected chi connectivity index (χ2v) is 6.83. The highest BCUT2D eigenvalue weighted by Gasteiger charge is 2.01. The van der Waals surface area contributed by atoms with E-state index in [4.69, 9.17) is 4.74 Å². The highest BCUT2D eigenvalue weighted by molar-refractivity contribution is 7.88. The van der Waals surface area contributed by atoms with Crippen LogP contribution in [0.15, 0.2) is 29.3 Å². The highest BCUT2D eigenvalue weighted by atomic mass is 32.2. The summed E-state index contributed by atoms with van der Waals surface area (Å²) in [5.41, 5.74) is 1.06. The van der Waals surface area contributed by atoms with Crippen molar-refractivity contribution in [3.8, 4) is 5.75 Å². The maximum atomic E-state index is 11.0. The summed E-state index contributed by atoms with van der Waals surface area (Å²) >= 11 is 0. The summed E-state index contributed by atoms with van der Waals surface area (Å²) in [5, 5.41) is 6.34. The van der Waals surface area contributed by atoms with Crippen LogP contribution in [0.3, 0.4) is 0 Å². The van der Waals surface area contributed by atoms with Crippen LogP contribution >= 0.6 is 0 Å². The first-order valence-corrected chi connectivity index (χ1v) is 9.43. The predicted molar refractivity (Wildman–Crippen MR) is 93.3 cm³/mol. The van der Waals surface area contributed by atoms with E-state index in [0.717, 1.165) is 24.1 Å². The van der Waals surface area contributed by atoms with E-state index in [1.54, 1.807) is 7.11 Å². The van der Waals surface area contributed by atoms with Crippen LogP contribution in [0.5, 0.6) is 5.75 Å². The van der Waals surface area contributed by atoms with Crippen LogP contribution in [0.4, 0.5) is 0 Å². The first-order chi connectivity index (χ1) is 10.9. The molecule has 0 aliphatic rings. The van der Waals surface area contributed by atoms with Crippen LogP contribution in [0, 0.1) is 0 Å². The number of hydrogen-bond acceptors (Lipinski definition) is 4. The number of nitrogens with zero attached hydrogens (tertiary/aromatic N) is 1. The molecular formula is C15H26N4O3S. The smallest absolute Gasteiger partial charge is 0.208 e. The van der Waals surface area contributed by atoms with Crippen molar-refractivity contribution >= 4 is 16.0 Å². The summed E-state index contributed by atoms with van der Waals surface area (Å²) in [6.45, 7) is 4.32. The van der Waals surface area contributed by atoms with Gasteiger partial charge in [-0.25, -0.2) is 18.1 Å². The monoisotopic (exact) mass is 342 g/mol. The minimum absolute atomic E-state index is 0.404. The molecule has 8 heteroatoms. The standard InChI is InChI=1S/C15H26N4O3S/c1-4-16-15(17-9-6-10-19-23(3,20)21)18-12-13-7-5-8-14(11-13)22-2/h5,7-8,11,19H,4,6,9-10,12H2,1-3H3,(H2,16,17,18). The van der Waals surface area contributed by atoms with Gasteiger partial charge in [0.1, 0.15) is 5.75 Å². The van der Waals surface area contributed by atoms with Crippen LogP contribution in [-0.2, 0) is 16.6 Å². The second-order valence-electron chi connectivity index (χ2n) is 4.99. The number of benzene rings is 1. The van der Waals surface area contributed by atoms with Gasteiger partial charge in [-0.1, -0.05) is 12.1 Å². The predicted octanol–water partition coefficient (Wildman–Crippen LogP) is 0.690. The average molecular weight is 342 g/mol. The Bertz CT molecular complexity index is 602. The molecular weight excluding hydrogens is 316 g/mol. The third-order valence-corrected chi connectivity index (χ3v) is 3.64. The van der Waals surface area contributed by atoms with Gasteiger partial charge < -0.3 is 15.4 Å². The highest BCUT2D eigenvalue weighted by Crippen LogP contribution is 2.12. The zero-order chi connectivity index (χ0) is 17.1. The molecule has 1 aromatic rings. The Hall–Kier alpha value is -1.80. The van der Waals surface area contributed by atoms with Crippen molar-refractivity contribution in [3.63, 3.8) is 0 Å². The maximum Gasteiger partial charge on any atom is 0.208 e. The summed E-state index contributed by atoms with van der Waals surface area (Å²) in [5.74, 6) is 1.51. The van der Waals surface area contributed by atoms with E-state index in [1.807, 2.05) is 31.2 Å². The lowest BCUT2D eigenvalue weighted by molar-refractivity contribution is 0.414. The van der Waals surface area contributed by atoms with E-state index in [2.05, 4.69) is 20.3 Å².